The van der Waals surface area contributed by atoms with E-state index in [1.54, 1.807) is 0 Å². The van der Waals surface area contributed by atoms with Crippen molar-refractivity contribution >= 4 is 44.9 Å². The van der Waals surface area contributed by atoms with Gasteiger partial charge in [-0.25, -0.2) is 23.0 Å². The van der Waals surface area contributed by atoms with Crippen LogP contribution in [0.1, 0.15) is 37.8 Å². The van der Waals surface area contributed by atoms with Crippen molar-refractivity contribution in [3.05, 3.63) is 47.1 Å². The molecule has 188 valence electrons. The van der Waals surface area contributed by atoms with E-state index in [4.69, 9.17) is 11.6 Å². The van der Waals surface area contributed by atoms with Crippen LogP contribution in [-0.2, 0) is 25.8 Å². The first kappa shape index (κ1) is 25.4. The fourth-order valence-corrected chi connectivity index (χ4v) is 5.85. The first-order valence-corrected chi connectivity index (χ1v) is 12.7. The number of carbonyl (C=O) groups excluding carboxylic acids is 2. The number of halogens is 4. The molecule has 8 nitrogen and oxygen atoms in total. The van der Waals surface area contributed by atoms with Gasteiger partial charge in [0.25, 0.3) is 0 Å². The van der Waals surface area contributed by atoms with Crippen LogP contribution in [0.15, 0.2) is 41.3 Å². The topological polar surface area (TPSA) is 108 Å². The van der Waals surface area contributed by atoms with E-state index >= 15 is 0 Å². The van der Waals surface area contributed by atoms with Gasteiger partial charge in [0.2, 0.25) is 21.8 Å². The number of anilines is 2. The fourth-order valence-electron chi connectivity index (χ4n) is 4.47. The molecule has 1 saturated carbocycles. The molecule has 1 aromatic heterocycles. The quantitative estimate of drug-likeness (QED) is 0.414. The molecular formula is C22H22ClF3N4O4S. The summed E-state index contributed by atoms with van der Waals surface area (Å²) in [5.74, 6) is -0.710. The predicted molar refractivity (Wildman–Crippen MR) is 122 cm³/mol. The van der Waals surface area contributed by atoms with E-state index in [1.807, 2.05) is 0 Å². The number of carbonyl (C=O) groups is 2. The number of hydrogen-bond acceptors (Lipinski definition) is 6. The maximum atomic E-state index is 13.0. The Hall–Kier alpha value is -2.70. The molecule has 35 heavy (non-hydrogen) atoms. The second kappa shape index (κ2) is 9.40. The Balaban J connectivity index is 1.40. The second-order valence-electron chi connectivity index (χ2n) is 8.54. The van der Waals surface area contributed by atoms with Gasteiger partial charge in [0.05, 0.1) is 21.0 Å². The summed E-state index contributed by atoms with van der Waals surface area (Å²) in [6.07, 6.45) is -1.42. The number of aromatic nitrogens is 1. The molecule has 13 heteroatoms. The van der Waals surface area contributed by atoms with E-state index in [0.29, 0.717) is 12.8 Å². The van der Waals surface area contributed by atoms with Crippen LogP contribution in [0, 0.1) is 5.41 Å². The zero-order chi connectivity index (χ0) is 25.4. The summed E-state index contributed by atoms with van der Waals surface area (Å²) in [4.78, 5) is 29.9. The Morgan fingerprint density at radius 1 is 1.09 bits per heavy atom. The number of pyridine rings is 1. The molecule has 2 aromatic rings. The summed E-state index contributed by atoms with van der Waals surface area (Å²) in [6.45, 7) is -0.177. The number of nitrogens with one attached hydrogen (secondary N) is 2. The minimum absolute atomic E-state index is 0.0295. The normalized spacial score (nSPS) is 18.0. The summed E-state index contributed by atoms with van der Waals surface area (Å²) < 4.78 is 65.8. The maximum absolute atomic E-state index is 13.0. The molecule has 1 aromatic carbocycles. The van der Waals surface area contributed by atoms with Crippen LogP contribution in [-0.4, -0.2) is 38.3 Å². The van der Waals surface area contributed by atoms with Crippen LogP contribution in [0.3, 0.4) is 0 Å². The molecule has 2 N–H and O–H groups in total. The molecule has 0 unspecified atom stereocenters. The van der Waals surface area contributed by atoms with Gasteiger partial charge in [0, 0.05) is 19.5 Å². The lowest BCUT2D eigenvalue weighted by molar-refractivity contribution is -0.141. The van der Waals surface area contributed by atoms with Gasteiger partial charge in [-0.05, 0) is 43.2 Å². The van der Waals surface area contributed by atoms with Crippen LogP contribution in [0.25, 0.3) is 0 Å². The monoisotopic (exact) mass is 530 g/mol. The van der Waals surface area contributed by atoms with Crippen LogP contribution in [0.5, 0.6) is 0 Å². The highest BCUT2D eigenvalue weighted by atomic mass is 35.5. The van der Waals surface area contributed by atoms with Crippen molar-refractivity contribution in [1.82, 2.24) is 9.71 Å². The van der Waals surface area contributed by atoms with E-state index in [-0.39, 0.29) is 52.7 Å². The van der Waals surface area contributed by atoms with E-state index in [9.17, 15) is 31.2 Å². The lowest BCUT2D eigenvalue weighted by atomic mass is 9.84. The van der Waals surface area contributed by atoms with E-state index in [0.717, 1.165) is 29.9 Å². The van der Waals surface area contributed by atoms with Gasteiger partial charge in [-0.15, -0.1) is 0 Å². The Bertz CT molecular complexity index is 1260. The van der Waals surface area contributed by atoms with Crippen molar-refractivity contribution in [1.29, 1.82) is 0 Å². The predicted octanol–water partition coefficient (Wildman–Crippen LogP) is 3.97. The van der Waals surface area contributed by atoms with Gasteiger partial charge in [0.1, 0.15) is 11.5 Å². The third kappa shape index (κ3) is 5.14. The van der Waals surface area contributed by atoms with Crippen molar-refractivity contribution in [3.8, 4) is 0 Å². The van der Waals surface area contributed by atoms with Gasteiger partial charge in [0.15, 0.2) is 0 Å². The van der Waals surface area contributed by atoms with Crippen molar-refractivity contribution in [2.24, 2.45) is 5.41 Å². The fraction of sp³-hybridized carbons (Fsp3) is 0.409. The first-order chi connectivity index (χ1) is 16.4. The minimum Gasteiger partial charge on any atom is -0.369 e. The number of imide groups is 1. The Morgan fingerprint density at radius 2 is 1.80 bits per heavy atom. The number of alkyl halides is 3. The van der Waals surface area contributed by atoms with Gasteiger partial charge in [-0.2, -0.15) is 13.2 Å². The van der Waals surface area contributed by atoms with Crippen LogP contribution in [0.4, 0.5) is 24.7 Å². The Kier molecular flexibility index (Phi) is 6.82. The second-order valence-corrected chi connectivity index (χ2v) is 10.7. The zero-order valence-electron chi connectivity index (χ0n) is 18.4. The zero-order valence-corrected chi connectivity index (χ0v) is 19.9. The SMILES string of the molecule is O=C1CC2(CCCC2)C(=O)N1c1ccc(S(=O)(=O)NCCNc2cccc(C(F)(F)F)n2)cc1Cl. The number of sulfonamides is 1. The molecule has 2 amide bonds. The lowest BCUT2D eigenvalue weighted by Gasteiger charge is -2.21. The number of benzene rings is 1. The highest BCUT2D eigenvalue weighted by Crippen LogP contribution is 2.48. The van der Waals surface area contributed by atoms with Gasteiger partial charge < -0.3 is 5.32 Å². The molecule has 1 saturated heterocycles. The number of hydrogen-bond donors (Lipinski definition) is 2. The van der Waals surface area contributed by atoms with Crippen molar-refractivity contribution < 1.29 is 31.2 Å². The smallest absolute Gasteiger partial charge is 0.369 e. The molecule has 2 heterocycles. The minimum atomic E-state index is -4.59. The molecule has 1 aliphatic heterocycles. The average molecular weight is 531 g/mol. The molecule has 0 atom stereocenters. The van der Waals surface area contributed by atoms with Crippen molar-refractivity contribution in [2.75, 3.05) is 23.3 Å². The first-order valence-electron chi connectivity index (χ1n) is 10.9. The third-order valence-electron chi connectivity index (χ3n) is 6.19. The highest BCUT2D eigenvalue weighted by Gasteiger charge is 2.53. The van der Waals surface area contributed by atoms with E-state index in [2.05, 4.69) is 15.0 Å². The summed E-state index contributed by atoms with van der Waals surface area (Å²) >= 11 is 6.28. The summed E-state index contributed by atoms with van der Waals surface area (Å²) in [6, 6.07) is 7.07. The Labute approximate surface area is 204 Å². The largest absolute Gasteiger partial charge is 0.433 e. The molecule has 2 fully saturated rings. The van der Waals surface area contributed by atoms with Gasteiger partial charge >= 0.3 is 6.18 Å². The average Bonchev–Trinajstić information content (AvgIpc) is 3.35. The molecule has 0 bridgehead atoms. The van der Waals surface area contributed by atoms with E-state index in [1.165, 1.54) is 24.3 Å². The molecular weight excluding hydrogens is 509 g/mol. The molecule has 1 spiro atoms. The summed E-state index contributed by atoms with van der Waals surface area (Å²) in [5.41, 5.74) is -1.61. The third-order valence-corrected chi connectivity index (χ3v) is 7.95. The standard InChI is InChI=1S/C22H22ClF3N4O4S/c23-15-12-14(6-7-16(15)30-19(31)13-21(20(30)32)8-1-2-9-21)35(33,34)28-11-10-27-18-5-3-4-17(29-18)22(24,25)26/h3-7,12,28H,1-2,8-11,13H2,(H,27,29). The maximum Gasteiger partial charge on any atom is 0.433 e. The van der Waals surface area contributed by atoms with Crippen LogP contribution >= 0.6 is 11.6 Å². The van der Waals surface area contributed by atoms with E-state index < -0.39 is 27.3 Å². The van der Waals surface area contributed by atoms with Crippen LogP contribution in [0.2, 0.25) is 5.02 Å². The Morgan fingerprint density at radius 3 is 2.46 bits per heavy atom. The molecule has 0 radical (unpaired) electrons. The van der Waals surface area contributed by atoms with Crippen molar-refractivity contribution in [2.45, 2.75) is 43.2 Å². The van der Waals surface area contributed by atoms with Crippen LogP contribution < -0.4 is 14.9 Å². The number of amides is 2. The molecule has 2 aliphatic rings. The van der Waals surface area contributed by atoms with Gasteiger partial charge in [-0.1, -0.05) is 30.5 Å². The number of rotatable bonds is 7. The summed E-state index contributed by atoms with van der Waals surface area (Å²) in [7, 11) is -4.02. The highest BCUT2D eigenvalue weighted by molar-refractivity contribution is 7.89. The number of nitrogens with zero attached hydrogens (tertiary/aromatic N) is 2. The molecule has 4 rings (SSSR count). The molecule has 1 aliphatic carbocycles. The lowest BCUT2D eigenvalue weighted by Crippen LogP contribution is -2.34. The summed E-state index contributed by atoms with van der Waals surface area (Å²) in [5, 5.41) is 2.57. The van der Waals surface area contributed by atoms with Gasteiger partial charge in [-0.3, -0.25) is 9.59 Å². The van der Waals surface area contributed by atoms with Crippen molar-refractivity contribution in [3.63, 3.8) is 0 Å².